The highest BCUT2D eigenvalue weighted by Gasteiger charge is 2.26. The zero-order valence-electron chi connectivity index (χ0n) is 21.2. The summed E-state index contributed by atoms with van der Waals surface area (Å²) in [5.41, 5.74) is 3.43. The number of thiazole rings is 1. The van der Waals surface area contributed by atoms with E-state index in [1.807, 2.05) is 25.1 Å². The molecule has 0 spiro atoms. The number of carbonyl (C=O) groups excluding carboxylic acids is 1. The molecule has 0 saturated heterocycles. The van der Waals surface area contributed by atoms with E-state index in [1.54, 1.807) is 13.0 Å². The number of hydrogen-bond donors (Lipinski definition) is 1. The molecule has 3 aromatic heterocycles. The first kappa shape index (κ1) is 25.6. The third-order valence-corrected chi connectivity index (χ3v) is 7.07. The first-order valence-corrected chi connectivity index (χ1v) is 12.9. The Balaban J connectivity index is 1.20. The van der Waals surface area contributed by atoms with Gasteiger partial charge in [0.15, 0.2) is 17.6 Å². The minimum absolute atomic E-state index is 0.0110. The van der Waals surface area contributed by atoms with Crippen molar-refractivity contribution in [3.63, 3.8) is 0 Å². The van der Waals surface area contributed by atoms with Crippen molar-refractivity contribution in [1.29, 1.82) is 0 Å². The van der Waals surface area contributed by atoms with Gasteiger partial charge in [-0.2, -0.15) is 8.78 Å². The van der Waals surface area contributed by atoms with Crippen LogP contribution < -0.4 is 19.5 Å². The van der Waals surface area contributed by atoms with Crippen LogP contribution in [0.15, 0.2) is 48.9 Å². The number of pyridine rings is 1. The second-order valence-electron chi connectivity index (χ2n) is 8.99. The van der Waals surface area contributed by atoms with Crippen LogP contribution in [-0.4, -0.2) is 52.0 Å². The standard InChI is InChI=1S/C27H21F2N5O5S/c1-13-5-15-7-17(39-26(28)29)10-32-22(15)19(6-13)25-34-20-3-4-21-23(24(20)40-25)36-11-18(38-21)12-37-27(35)33-16-8-30-14(2)31-9-16/h3-10,18,26H,11-12H2,1-2H3,(H,33,35)/t18-/m1/s1. The third kappa shape index (κ3) is 5.27. The Kier molecular flexibility index (Phi) is 6.72. The molecule has 40 heavy (non-hydrogen) atoms. The van der Waals surface area contributed by atoms with E-state index in [1.165, 1.54) is 36.0 Å². The van der Waals surface area contributed by atoms with Gasteiger partial charge in [0, 0.05) is 10.9 Å². The number of ether oxygens (including phenoxy) is 4. The van der Waals surface area contributed by atoms with Crippen molar-refractivity contribution >= 4 is 44.2 Å². The van der Waals surface area contributed by atoms with E-state index in [2.05, 4.69) is 25.0 Å². The smallest absolute Gasteiger partial charge is 0.411 e. The van der Waals surface area contributed by atoms with E-state index >= 15 is 0 Å². The third-order valence-electron chi connectivity index (χ3n) is 5.97. The Hall–Kier alpha value is -4.65. The van der Waals surface area contributed by atoms with E-state index in [0.29, 0.717) is 44.4 Å². The molecule has 1 aliphatic heterocycles. The van der Waals surface area contributed by atoms with E-state index in [0.717, 1.165) is 15.8 Å². The molecule has 0 unspecified atom stereocenters. The van der Waals surface area contributed by atoms with Gasteiger partial charge in [-0.1, -0.05) is 0 Å². The predicted molar refractivity (Wildman–Crippen MR) is 143 cm³/mol. The monoisotopic (exact) mass is 565 g/mol. The first-order chi connectivity index (χ1) is 19.3. The summed E-state index contributed by atoms with van der Waals surface area (Å²) in [6.45, 7) is 0.865. The zero-order chi connectivity index (χ0) is 27.8. The summed E-state index contributed by atoms with van der Waals surface area (Å²) in [5, 5.41) is 3.92. The normalized spacial score (nSPS) is 14.5. The minimum atomic E-state index is -2.93. The Morgan fingerprint density at radius 2 is 1.98 bits per heavy atom. The minimum Gasteiger partial charge on any atom is -0.484 e. The van der Waals surface area contributed by atoms with Crippen LogP contribution in [0.3, 0.4) is 0 Å². The number of aryl methyl sites for hydroxylation is 2. The molecule has 13 heteroatoms. The summed E-state index contributed by atoms with van der Waals surface area (Å²) in [4.78, 5) is 29.3. The molecule has 1 amide bonds. The number of aromatic nitrogens is 4. The molecule has 1 N–H and O–H groups in total. The van der Waals surface area contributed by atoms with E-state index in [-0.39, 0.29) is 19.0 Å². The molecule has 2 aromatic carbocycles. The zero-order valence-corrected chi connectivity index (χ0v) is 22.0. The lowest BCUT2D eigenvalue weighted by Crippen LogP contribution is -2.35. The van der Waals surface area contributed by atoms with Crippen LogP contribution in [0, 0.1) is 13.8 Å². The number of fused-ring (bicyclic) bond motifs is 4. The number of alkyl halides is 2. The molecular weight excluding hydrogens is 544 g/mol. The van der Waals surface area contributed by atoms with Gasteiger partial charge in [0.1, 0.15) is 34.5 Å². The maximum absolute atomic E-state index is 12.7. The van der Waals surface area contributed by atoms with Crippen molar-refractivity contribution < 1.29 is 32.5 Å². The average Bonchev–Trinajstić information content (AvgIpc) is 3.37. The Labute approximate surface area is 229 Å². The van der Waals surface area contributed by atoms with Crippen LogP contribution in [0.1, 0.15) is 11.4 Å². The second kappa shape index (κ2) is 10.5. The van der Waals surface area contributed by atoms with Crippen LogP contribution in [-0.2, 0) is 4.74 Å². The van der Waals surface area contributed by atoms with Gasteiger partial charge in [0.25, 0.3) is 0 Å². The van der Waals surface area contributed by atoms with Crippen LogP contribution in [0.2, 0.25) is 0 Å². The molecule has 4 heterocycles. The van der Waals surface area contributed by atoms with Gasteiger partial charge in [0.05, 0.1) is 35.3 Å². The molecule has 1 atom stereocenters. The lowest BCUT2D eigenvalue weighted by atomic mass is 10.1. The van der Waals surface area contributed by atoms with Gasteiger partial charge < -0.3 is 18.9 Å². The molecule has 6 rings (SSSR count). The number of nitrogens with one attached hydrogen (secondary N) is 1. The second-order valence-corrected chi connectivity index (χ2v) is 9.99. The lowest BCUT2D eigenvalue weighted by Gasteiger charge is -2.26. The fourth-order valence-electron chi connectivity index (χ4n) is 4.26. The van der Waals surface area contributed by atoms with Crippen molar-refractivity contribution in [3.8, 4) is 27.8 Å². The number of rotatable bonds is 6. The number of nitrogens with zero attached hydrogens (tertiary/aromatic N) is 4. The molecule has 0 aliphatic carbocycles. The van der Waals surface area contributed by atoms with Gasteiger partial charge >= 0.3 is 12.7 Å². The molecule has 0 fully saturated rings. The highest BCUT2D eigenvalue weighted by atomic mass is 32.1. The number of carbonyl (C=O) groups is 1. The lowest BCUT2D eigenvalue weighted by molar-refractivity contribution is -0.0499. The van der Waals surface area contributed by atoms with Crippen LogP contribution in [0.4, 0.5) is 19.3 Å². The van der Waals surface area contributed by atoms with Crippen molar-refractivity contribution in [1.82, 2.24) is 19.9 Å². The summed E-state index contributed by atoms with van der Waals surface area (Å²) in [7, 11) is 0. The quantitative estimate of drug-likeness (QED) is 0.268. The molecule has 0 bridgehead atoms. The number of halogens is 2. The number of hydrogen-bond acceptors (Lipinski definition) is 10. The maximum atomic E-state index is 12.7. The van der Waals surface area contributed by atoms with Crippen molar-refractivity contribution in [2.45, 2.75) is 26.6 Å². The molecule has 0 radical (unpaired) electrons. The largest absolute Gasteiger partial charge is 0.484 e. The number of benzene rings is 2. The summed E-state index contributed by atoms with van der Waals surface area (Å²) < 4.78 is 48.0. The highest BCUT2D eigenvalue weighted by molar-refractivity contribution is 7.22. The predicted octanol–water partition coefficient (Wildman–Crippen LogP) is 5.91. The number of anilines is 1. The van der Waals surface area contributed by atoms with Gasteiger partial charge in [-0.3, -0.25) is 10.3 Å². The van der Waals surface area contributed by atoms with Crippen LogP contribution in [0.25, 0.3) is 31.7 Å². The van der Waals surface area contributed by atoms with E-state index in [4.69, 9.17) is 19.2 Å². The first-order valence-electron chi connectivity index (χ1n) is 12.1. The summed E-state index contributed by atoms with van der Waals surface area (Å²) in [6.07, 6.45) is 3.09. The molecule has 1 aliphatic rings. The molecular formula is C27H21F2N5O5S. The average molecular weight is 566 g/mol. The maximum Gasteiger partial charge on any atom is 0.411 e. The van der Waals surface area contributed by atoms with Crippen LogP contribution in [0.5, 0.6) is 17.2 Å². The summed E-state index contributed by atoms with van der Waals surface area (Å²) >= 11 is 1.41. The van der Waals surface area contributed by atoms with E-state index < -0.39 is 18.8 Å². The molecule has 204 valence electrons. The molecule has 10 nitrogen and oxygen atoms in total. The van der Waals surface area contributed by atoms with Crippen molar-refractivity contribution in [3.05, 3.63) is 60.3 Å². The van der Waals surface area contributed by atoms with Gasteiger partial charge in [0.2, 0.25) is 0 Å². The summed E-state index contributed by atoms with van der Waals surface area (Å²) in [5.74, 6) is 1.64. The van der Waals surface area contributed by atoms with Gasteiger partial charge in [-0.05, 0) is 49.7 Å². The van der Waals surface area contributed by atoms with Crippen LogP contribution >= 0.6 is 11.3 Å². The van der Waals surface area contributed by atoms with Gasteiger partial charge in [-0.15, -0.1) is 11.3 Å². The highest BCUT2D eigenvalue weighted by Crippen LogP contribution is 2.44. The molecule has 5 aromatic rings. The SMILES string of the molecule is Cc1cc(-c2nc3ccc4c(c3s2)OC[C@H](COC(=O)Nc2cnc(C)nc2)O4)c2ncc(OC(F)F)cc2c1. The fourth-order valence-corrected chi connectivity index (χ4v) is 5.33. The Morgan fingerprint density at radius 1 is 1.15 bits per heavy atom. The molecule has 0 saturated carbocycles. The number of amides is 1. The summed E-state index contributed by atoms with van der Waals surface area (Å²) in [6, 6.07) is 8.93. The van der Waals surface area contributed by atoms with E-state index in [9.17, 15) is 13.6 Å². The topological polar surface area (TPSA) is 118 Å². The fraction of sp³-hybridized carbons (Fsp3) is 0.222. The Bertz CT molecular complexity index is 1730. The van der Waals surface area contributed by atoms with Gasteiger partial charge in [-0.25, -0.2) is 19.7 Å². The Morgan fingerprint density at radius 3 is 2.77 bits per heavy atom. The van der Waals surface area contributed by atoms with Crippen molar-refractivity contribution in [2.75, 3.05) is 18.5 Å². The van der Waals surface area contributed by atoms with Crippen molar-refractivity contribution in [2.24, 2.45) is 0 Å².